The average molecular weight is 296 g/mol. The van der Waals surface area contributed by atoms with Crippen molar-refractivity contribution in [3.63, 3.8) is 0 Å². The van der Waals surface area contributed by atoms with Crippen molar-refractivity contribution in [1.29, 1.82) is 0 Å². The molecule has 0 aliphatic heterocycles. The Bertz CT molecular complexity index is 610. The number of nitrogens with one attached hydrogen (secondary N) is 1. The Morgan fingerprint density at radius 1 is 1.33 bits per heavy atom. The van der Waals surface area contributed by atoms with Gasteiger partial charge in [-0.2, -0.15) is 0 Å². The number of phenols is 1. The second-order valence-electron chi connectivity index (χ2n) is 3.66. The molecule has 9 nitrogen and oxygen atoms in total. The van der Waals surface area contributed by atoms with Gasteiger partial charge in [0.1, 0.15) is 11.4 Å². The summed E-state index contributed by atoms with van der Waals surface area (Å²) in [6.07, 6.45) is 0.796. The van der Waals surface area contributed by atoms with E-state index in [4.69, 9.17) is 0 Å². The van der Waals surface area contributed by atoms with Crippen LogP contribution in [0.1, 0.15) is 0 Å². The third-order valence-corrected chi connectivity index (χ3v) is 2.33. The van der Waals surface area contributed by atoms with Gasteiger partial charge in [0.2, 0.25) is 0 Å². The molecule has 0 bridgehead atoms. The van der Waals surface area contributed by atoms with E-state index >= 15 is 0 Å². The monoisotopic (exact) mass is 296 g/mol. The Morgan fingerprint density at radius 2 is 2.00 bits per heavy atom. The van der Waals surface area contributed by atoms with Crippen LogP contribution in [-0.2, 0) is 19.1 Å². The lowest BCUT2D eigenvalue weighted by Gasteiger charge is -2.10. The molecule has 21 heavy (non-hydrogen) atoms. The lowest BCUT2D eigenvalue weighted by molar-refractivity contribution is -0.384. The van der Waals surface area contributed by atoms with Gasteiger partial charge in [0.25, 0.3) is 5.69 Å². The Kier molecular flexibility index (Phi) is 5.24. The molecule has 0 amide bonds. The summed E-state index contributed by atoms with van der Waals surface area (Å²) in [6.45, 7) is 0. The Hall–Kier alpha value is -3.10. The van der Waals surface area contributed by atoms with Crippen molar-refractivity contribution in [2.75, 3.05) is 19.5 Å². The van der Waals surface area contributed by atoms with Crippen molar-refractivity contribution >= 4 is 23.3 Å². The molecule has 0 atom stereocenters. The summed E-state index contributed by atoms with van der Waals surface area (Å²) in [6, 6.07) is 3.17. The Labute approximate surface area is 118 Å². The molecule has 1 rings (SSSR count). The number of esters is 2. The number of rotatable bonds is 5. The fourth-order valence-electron chi connectivity index (χ4n) is 1.32. The van der Waals surface area contributed by atoms with E-state index in [0.717, 1.165) is 38.5 Å². The number of hydrogen-bond donors (Lipinski definition) is 2. The zero-order valence-electron chi connectivity index (χ0n) is 11.2. The summed E-state index contributed by atoms with van der Waals surface area (Å²) >= 11 is 0. The lowest BCUT2D eigenvalue weighted by atomic mass is 10.2. The van der Waals surface area contributed by atoms with Crippen LogP contribution in [0.5, 0.6) is 5.75 Å². The van der Waals surface area contributed by atoms with E-state index in [9.17, 15) is 24.8 Å². The number of nitro benzene ring substituents is 1. The van der Waals surface area contributed by atoms with Crippen LogP contribution in [0, 0.1) is 10.1 Å². The molecule has 0 fully saturated rings. The van der Waals surface area contributed by atoms with E-state index in [1.54, 1.807) is 0 Å². The molecule has 2 N–H and O–H groups in total. The van der Waals surface area contributed by atoms with Gasteiger partial charge in [0.15, 0.2) is 0 Å². The van der Waals surface area contributed by atoms with Gasteiger partial charge in [0, 0.05) is 12.1 Å². The first-order valence-corrected chi connectivity index (χ1v) is 5.51. The van der Waals surface area contributed by atoms with E-state index in [0.29, 0.717) is 0 Å². The Morgan fingerprint density at radius 3 is 2.52 bits per heavy atom. The second-order valence-corrected chi connectivity index (χ2v) is 3.66. The van der Waals surface area contributed by atoms with Gasteiger partial charge in [0.05, 0.1) is 30.9 Å². The summed E-state index contributed by atoms with van der Waals surface area (Å²) in [7, 11) is 2.20. The highest BCUT2D eigenvalue weighted by molar-refractivity contribution is 5.99. The van der Waals surface area contributed by atoms with Crippen molar-refractivity contribution in [2.24, 2.45) is 0 Å². The molecule has 0 aliphatic carbocycles. The molecule has 0 radical (unpaired) electrons. The number of carbonyl (C=O) groups excluding carboxylic acids is 2. The van der Waals surface area contributed by atoms with Crippen molar-refractivity contribution in [2.45, 2.75) is 0 Å². The van der Waals surface area contributed by atoms with Crippen LogP contribution in [0.3, 0.4) is 0 Å². The molecule has 9 heteroatoms. The third-order valence-electron chi connectivity index (χ3n) is 2.33. The predicted molar refractivity (Wildman–Crippen MR) is 70.5 cm³/mol. The van der Waals surface area contributed by atoms with Crippen LogP contribution in [-0.4, -0.2) is 36.2 Å². The number of aromatic hydroxyl groups is 1. The molecule has 0 saturated heterocycles. The maximum atomic E-state index is 11.5. The standard InChI is InChI=1S/C12H12N2O7/c1-20-11(16)6-9(12(17)21-2)13-8-5-7(14(18)19)3-4-10(8)15/h3-6,13,15H,1-2H3/b9-6+. The molecule has 1 aromatic carbocycles. The van der Waals surface area contributed by atoms with Crippen LogP contribution in [0.2, 0.25) is 0 Å². The minimum atomic E-state index is -0.911. The number of nitrogens with zero attached hydrogens (tertiary/aromatic N) is 1. The number of non-ortho nitro benzene ring substituents is 1. The van der Waals surface area contributed by atoms with Crippen molar-refractivity contribution in [1.82, 2.24) is 0 Å². The van der Waals surface area contributed by atoms with Crippen molar-refractivity contribution in [3.8, 4) is 5.75 Å². The van der Waals surface area contributed by atoms with E-state index in [1.807, 2.05) is 0 Å². The minimum absolute atomic E-state index is 0.134. The van der Waals surface area contributed by atoms with Gasteiger partial charge in [-0.15, -0.1) is 0 Å². The van der Waals surface area contributed by atoms with E-state index in [1.165, 1.54) is 0 Å². The highest BCUT2D eigenvalue weighted by Crippen LogP contribution is 2.29. The van der Waals surface area contributed by atoms with E-state index < -0.39 is 16.9 Å². The van der Waals surface area contributed by atoms with Gasteiger partial charge in [-0.1, -0.05) is 0 Å². The number of methoxy groups -OCH3 is 2. The smallest absolute Gasteiger partial charge is 0.354 e. The number of anilines is 1. The fourth-order valence-corrected chi connectivity index (χ4v) is 1.32. The maximum absolute atomic E-state index is 11.5. The predicted octanol–water partition coefficient (Wildman–Crippen LogP) is 0.942. The van der Waals surface area contributed by atoms with Crippen LogP contribution >= 0.6 is 0 Å². The van der Waals surface area contributed by atoms with Crippen LogP contribution in [0.15, 0.2) is 30.0 Å². The summed E-state index contributed by atoms with van der Waals surface area (Å²) < 4.78 is 8.83. The average Bonchev–Trinajstić information content (AvgIpc) is 2.47. The molecular weight excluding hydrogens is 284 g/mol. The molecule has 0 aliphatic rings. The summed E-state index contributed by atoms with van der Waals surface area (Å²) in [4.78, 5) is 32.7. The molecule has 0 saturated carbocycles. The summed E-state index contributed by atoms with van der Waals surface area (Å²) in [5.41, 5.74) is -0.789. The molecule has 0 aromatic heterocycles. The number of hydrogen-bond acceptors (Lipinski definition) is 8. The molecular formula is C12H12N2O7. The summed E-state index contributed by atoms with van der Waals surface area (Å²) in [5, 5.41) is 22.7. The maximum Gasteiger partial charge on any atom is 0.354 e. The van der Waals surface area contributed by atoms with Crippen LogP contribution in [0.25, 0.3) is 0 Å². The van der Waals surface area contributed by atoms with E-state index in [-0.39, 0.29) is 22.8 Å². The first-order chi connectivity index (χ1) is 9.88. The zero-order valence-corrected chi connectivity index (χ0v) is 11.2. The third kappa shape index (κ3) is 4.20. The van der Waals surface area contributed by atoms with Crippen LogP contribution < -0.4 is 5.32 Å². The number of benzene rings is 1. The van der Waals surface area contributed by atoms with Crippen LogP contribution in [0.4, 0.5) is 11.4 Å². The van der Waals surface area contributed by atoms with Crippen molar-refractivity contribution in [3.05, 3.63) is 40.1 Å². The summed E-state index contributed by atoms with van der Waals surface area (Å²) in [5.74, 6) is -2.10. The number of nitro groups is 1. The molecule has 112 valence electrons. The fraction of sp³-hybridized carbons (Fsp3) is 0.167. The van der Waals surface area contributed by atoms with Gasteiger partial charge in [-0.05, 0) is 6.07 Å². The molecule has 0 heterocycles. The first-order valence-electron chi connectivity index (χ1n) is 5.51. The van der Waals surface area contributed by atoms with Gasteiger partial charge in [-0.3, -0.25) is 10.1 Å². The van der Waals surface area contributed by atoms with Crippen molar-refractivity contribution < 1.29 is 29.1 Å². The van der Waals surface area contributed by atoms with E-state index in [2.05, 4.69) is 14.8 Å². The minimum Gasteiger partial charge on any atom is -0.506 e. The normalized spacial score (nSPS) is 10.7. The highest BCUT2D eigenvalue weighted by Gasteiger charge is 2.17. The largest absolute Gasteiger partial charge is 0.506 e. The number of ether oxygens (including phenoxy) is 2. The van der Waals surface area contributed by atoms with Gasteiger partial charge >= 0.3 is 11.9 Å². The number of phenolic OH excluding ortho intramolecular Hbond substituents is 1. The zero-order chi connectivity index (χ0) is 16.0. The number of carbonyl (C=O) groups is 2. The quantitative estimate of drug-likeness (QED) is 0.270. The second kappa shape index (κ2) is 6.89. The topological polar surface area (TPSA) is 128 Å². The van der Waals surface area contributed by atoms with Gasteiger partial charge < -0.3 is 19.9 Å². The lowest BCUT2D eigenvalue weighted by Crippen LogP contribution is -2.15. The highest BCUT2D eigenvalue weighted by atomic mass is 16.6. The van der Waals surface area contributed by atoms with Gasteiger partial charge in [-0.25, -0.2) is 9.59 Å². The SMILES string of the molecule is COC(=O)/C=C(/Nc1cc([N+](=O)[O-])ccc1O)C(=O)OC. The Balaban J connectivity index is 3.17. The molecule has 1 aromatic rings. The first kappa shape index (κ1) is 16.0. The molecule has 0 unspecified atom stereocenters. The molecule has 0 spiro atoms.